The lowest BCUT2D eigenvalue weighted by Crippen LogP contribution is -2.32. The minimum Gasteiger partial charge on any atom is -0.314 e. The predicted octanol–water partition coefficient (Wildman–Crippen LogP) is 3.68. The van der Waals surface area contributed by atoms with Crippen molar-refractivity contribution in [3.63, 3.8) is 0 Å². The molecule has 0 saturated heterocycles. The first-order chi connectivity index (χ1) is 8.66. The van der Waals surface area contributed by atoms with Gasteiger partial charge in [0.2, 0.25) is 0 Å². The van der Waals surface area contributed by atoms with E-state index in [-0.39, 0.29) is 11.6 Å². The second kappa shape index (κ2) is 6.28. The van der Waals surface area contributed by atoms with Crippen molar-refractivity contribution in [3.05, 3.63) is 35.4 Å². The second-order valence-corrected chi connectivity index (χ2v) is 5.36. The maximum Gasteiger partial charge on any atom is 0.129 e. The Morgan fingerprint density at radius 1 is 1.22 bits per heavy atom. The monoisotopic (exact) mass is 253 g/mol. The van der Waals surface area contributed by atoms with Crippen molar-refractivity contribution in [2.45, 2.75) is 45.1 Å². The van der Waals surface area contributed by atoms with Gasteiger partial charge in [-0.25, -0.2) is 8.78 Å². The van der Waals surface area contributed by atoms with Gasteiger partial charge in [-0.3, -0.25) is 0 Å². The first-order valence-corrected chi connectivity index (χ1v) is 6.83. The lowest BCUT2D eigenvalue weighted by molar-refractivity contribution is 0.434. The molecule has 2 rings (SSSR count). The van der Waals surface area contributed by atoms with Gasteiger partial charge in [-0.15, -0.1) is 0 Å². The summed E-state index contributed by atoms with van der Waals surface area (Å²) in [5.74, 6) is -0.132. The smallest absolute Gasteiger partial charge is 0.129 e. The van der Waals surface area contributed by atoms with E-state index in [1.165, 1.54) is 43.9 Å². The summed E-state index contributed by atoms with van der Waals surface area (Å²) in [5, 5.41) is 3.39. The summed E-state index contributed by atoms with van der Waals surface area (Å²) in [7, 11) is 0. The fourth-order valence-electron chi connectivity index (χ4n) is 2.69. The third-order valence-electron chi connectivity index (χ3n) is 3.80. The molecule has 3 heteroatoms. The van der Waals surface area contributed by atoms with E-state index in [0.717, 1.165) is 12.5 Å². The summed E-state index contributed by atoms with van der Waals surface area (Å²) in [6.45, 7) is 2.96. The first-order valence-electron chi connectivity index (χ1n) is 6.83. The van der Waals surface area contributed by atoms with Crippen LogP contribution < -0.4 is 5.32 Å². The van der Waals surface area contributed by atoms with E-state index in [1.807, 2.05) is 6.92 Å². The molecule has 1 aromatic carbocycles. The number of benzene rings is 1. The minimum atomic E-state index is -0.440. The van der Waals surface area contributed by atoms with Crippen LogP contribution in [0.3, 0.4) is 0 Å². The van der Waals surface area contributed by atoms with Crippen molar-refractivity contribution in [1.29, 1.82) is 0 Å². The molecule has 1 aliphatic rings. The molecule has 0 radical (unpaired) electrons. The number of hydrogen-bond acceptors (Lipinski definition) is 1. The van der Waals surface area contributed by atoms with Crippen LogP contribution in [-0.2, 0) is 6.42 Å². The van der Waals surface area contributed by atoms with Crippen LogP contribution in [0.1, 0.15) is 38.2 Å². The molecule has 1 nitrogen and oxygen atoms in total. The van der Waals surface area contributed by atoms with E-state index in [2.05, 4.69) is 5.32 Å². The zero-order valence-corrected chi connectivity index (χ0v) is 10.9. The second-order valence-electron chi connectivity index (χ2n) is 5.36. The van der Waals surface area contributed by atoms with Crippen LogP contribution in [0.4, 0.5) is 8.78 Å². The number of halogens is 2. The molecular weight excluding hydrogens is 232 g/mol. The summed E-state index contributed by atoms with van der Waals surface area (Å²) in [6.07, 6.45) is 5.62. The molecule has 1 unspecified atom stereocenters. The van der Waals surface area contributed by atoms with Crippen LogP contribution in [-0.4, -0.2) is 12.6 Å². The van der Waals surface area contributed by atoms with Gasteiger partial charge in [-0.2, -0.15) is 0 Å². The highest BCUT2D eigenvalue weighted by atomic mass is 19.1. The van der Waals surface area contributed by atoms with Crippen molar-refractivity contribution >= 4 is 0 Å². The van der Waals surface area contributed by atoms with E-state index in [9.17, 15) is 8.78 Å². The van der Waals surface area contributed by atoms with Gasteiger partial charge in [0, 0.05) is 11.6 Å². The molecule has 1 aliphatic carbocycles. The molecular formula is C15H21F2N. The van der Waals surface area contributed by atoms with E-state index in [4.69, 9.17) is 0 Å². The number of hydrogen-bond donors (Lipinski definition) is 1. The molecule has 0 heterocycles. The van der Waals surface area contributed by atoms with Crippen molar-refractivity contribution in [3.8, 4) is 0 Å². The molecule has 0 aromatic heterocycles. The Morgan fingerprint density at radius 2 is 1.83 bits per heavy atom. The molecule has 1 saturated carbocycles. The number of nitrogens with one attached hydrogen (secondary N) is 1. The summed E-state index contributed by atoms with van der Waals surface area (Å²) in [4.78, 5) is 0. The molecule has 0 amide bonds. The summed E-state index contributed by atoms with van der Waals surface area (Å²) < 4.78 is 27.0. The maximum absolute atomic E-state index is 13.5. The molecule has 100 valence electrons. The lowest BCUT2D eigenvalue weighted by Gasteiger charge is -2.17. The quantitative estimate of drug-likeness (QED) is 0.844. The Kier molecular flexibility index (Phi) is 4.70. The predicted molar refractivity (Wildman–Crippen MR) is 69.5 cm³/mol. The highest BCUT2D eigenvalue weighted by molar-refractivity contribution is 5.20. The third kappa shape index (κ3) is 3.52. The van der Waals surface area contributed by atoms with Crippen LogP contribution in [0.5, 0.6) is 0 Å². The van der Waals surface area contributed by atoms with Crippen molar-refractivity contribution < 1.29 is 8.78 Å². The van der Waals surface area contributed by atoms with Crippen molar-refractivity contribution in [2.24, 2.45) is 5.92 Å². The Hall–Kier alpha value is -0.960. The third-order valence-corrected chi connectivity index (χ3v) is 3.80. The SMILES string of the molecule is CC(Cc1c(F)cccc1F)NCC1CCCC1. The normalized spacial score (nSPS) is 18.2. The zero-order chi connectivity index (χ0) is 13.0. The fraction of sp³-hybridized carbons (Fsp3) is 0.600. The summed E-state index contributed by atoms with van der Waals surface area (Å²) in [6, 6.07) is 4.16. The van der Waals surface area contributed by atoms with Crippen LogP contribution in [0.25, 0.3) is 0 Å². The molecule has 1 N–H and O–H groups in total. The van der Waals surface area contributed by atoms with Crippen molar-refractivity contribution in [1.82, 2.24) is 5.32 Å². The largest absolute Gasteiger partial charge is 0.314 e. The summed E-state index contributed by atoms with van der Waals surface area (Å²) in [5.41, 5.74) is 0.198. The Bertz CT molecular complexity index is 366. The van der Waals surface area contributed by atoms with Gasteiger partial charge in [0.05, 0.1) is 0 Å². The van der Waals surface area contributed by atoms with Gasteiger partial charge in [0.25, 0.3) is 0 Å². The van der Waals surface area contributed by atoms with E-state index in [1.54, 1.807) is 0 Å². The molecule has 0 aliphatic heterocycles. The zero-order valence-electron chi connectivity index (χ0n) is 10.9. The highest BCUT2D eigenvalue weighted by Crippen LogP contribution is 2.24. The van der Waals surface area contributed by atoms with Crippen LogP contribution in [0.2, 0.25) is 0 Å². The van der Waals surface area contributed by atoms with Gasteiger partial charge >= 0.3 is 0 Å². The molecule has 0 bridgehead atoms. The van der Waals surface area contributed by atoms with Gasteiger partial charge < -0.3 is 5.32 Å². The molecule has 1 fully saturated rings. The molecule has 0 spiro atoms. The van der Waals surface area contributed by atoms with Crippen LogP contribution in [0.15, 0.2) is 18.2 Å². The Morgan fingerprint density at radius 3 is 2.44 bits per heavy atom. The van der Waals surface area contributed by atoms with Gasteiger partial charge in [-0.1, -0.05) is 18.9 Å². The summed E-state index contributed by atoms with van der Waals surface area (Å²) >= 11 is 0. The molecule has 1 aromatic rings. The molecule has 1 atom stereocenters. The average Bonchev–Trinajstić information content (AvgIpc) is 2.84. The van der Waals surface area contributed by atoms with Crippen molar-refractivity contribution in [2.75, 3.05) is 6.54 Å². The van der Waals surface area contributed by atoms with Gasteiger partial charge in [0.15, 0.2) is 0 Å². The van der Waals surface area contributed by atoms with Crippen LogP contribution in [0, 0.1) is 17.6 Å². The van der Waals surface area contributed by atoms with Crippen LogP contribution >= 0.6 is 0 Å². The highest BCUT2D eigenvalue weighted by Gasteiger charge is 2.17. The standard InChI is InChI=1S/C15H21F2N/c1-11(18-10-12-5-2-3-6-12)9-13-14(16)7-4-8-15(13)17/h4,7-8,11-12,18H,2-3,5-6,9-10H2,1H3. The van der Waals surface area contributed by atoms with E-state index < -0.39 is 11.6 Å². The first kappa shape index (κ1) is 13.5. The number of rotatable bonds is 5. The average molecular weight is 253 g/mol. The lowest BCUT2D eigenvalue weighted by atomic mass is 10.0. The minimum absolute atomic E-state index is 0.108. The van der Waals surface area contributed by atoms with Gasteiger partial charge in [0.1, 0.15) is 11.6 Å². The topological polar surface area (TPSA) is 12.0 Å². The Balaban J connectivity index is 1.84. The maximum atomic E-state index is 13.5. The Labute approximate surface area is 108 Å². The fourth-order valence-corrected chi connectivity index (χ4v) is 2.69. The van der Waals surface area contributed by atoms with E-state index >= 15 is 0 Å². The van der Waals surface area contributed by atoms with E-state index in [0.29, 0.717) is 6.42 Å². The van der Waals surface area contributed by atoms with Gasteiger partial charge in [-0.05, 0) is 50.8 Å². The molecule has 18 heavy (non-hydrogen) atoms.